The average molecular weight is 416 g/mol. The predicted octanol–water partition coefficient (Wildman–Crippen LogP) is 8.11. The van der Waals surface area contributed by atoms with Crippen molar-refractivity contribution in [3.8, 4) is 0 Å². The SMILES string of the molecule is CON=C1CCC2(C)C(CCC3C2CCC2(C)C(C(C)CCCC(C)C)CCC32)C1. The van der Waals surface area contributed by atoms with Crippen LogP contribution in [0, 0.1) is 52.3 Å². The summed E-state index contributed by atoms with van der Waals surface area (Å²) in [5, 5.41) is 4.36. The molecule has 30 heavy (non-hydrogen) atoms. The fraction of sp³-hybridized carbons (Fsp3) is 0.964. The van der Waals surface area contributed by atoms with Gasteiger partial charge in [0, 0.05) is 0 Å². The van der Waals surface area contributed by atoms with Crippen LogP contribution >= 0.6 is 0 Å². The second kappa shape index (κ2) is 8.78. The molecule has 0 saturated heterocycles. The van der Waals surface area contributed by atoms with Gasteiger partial charge in [0.2, 0.25) is 0 Å². The summed E-state index contributed by atoms with van der Waals surface area (Å²) in [4.78, 5) is 5.13. The summed E-state index contributed by atoms with van der Waals surface area (Å²) in [6, 6.07) is 0. The summed E-state index contributed by atoms with van der Waals surface area (Å²) < 4.78 is 0. The Morgan fingerprint density at radius 1 is 0.933 bits per heavy atom. The minimum Gasteiger partial charge on any atom is -0.399 e. The fourth-order valence-corrected chi connectivity index (χ4v) is 9.30. The van der Waals surface area contributed by atoms with Gasteiger partial charge in [-0.2, -0.15) is 0 Å². The molecule has 4 fully saturated rings. The van der Waals surface area contributed by atoms with Crippen LogP contribution < -0.4 is 0 Å². The van der Waals surface area contributed by atoms with E-state index >= 15 is 0 Å². The molecule has 0 aliphatic heterocycles. The zero-order valence-electron chi connectivity index (χ0n) is 20.9. The van der Waals surface area contributed by atoms with Crippen LogP contribution in [0.15, 0.2) is 5.16 Å². The smallest absolute Gasteiger partial charge is 0.106 e. The van der Waals surface area contributed by atoms with Gasteiger partial charge in [0.05, 0.1) is 5.71 Å². The van der Waals surface area contributed by atoms with Gasteiger partial charge in [-0.1, -0.05) is 59.0 Å². The first-order valence-electron chi connectivity index (χ1n) is 13.4. The summed E-state index contributed by atoms with van der Waals surface area (Å²) >= 11 is 0. The molecule has 8 unspecified atom stereocenters. The Morgan fingerprint density at radius 3 is 2.43 bits per heavy atom. The van der Waals surface area contributed by atoms with Crippen molar-refractivity contribution in [2.45, 2.75) is 112 Å². The molecule has 4 rings (SSSR count). The zero-order valence-corrected chi connectivity index (χ0v) is 20.9. The lowest BCUT2D eigenvalue weighted by Crippen LogP contribution is -2.53. The fourth-order valence-electron chi connectivity index (χ4n) is 9.30. The molecule has 4 saturated carbocycles. The van der Waals surface area contributed by atoms with E-state index in [-0.39, 0.29) is 0 Å². The highest BCUT2D eigenvalue weighted by atomic mass is 16.6. The van der Waals surface area contributed by atoms with Crippen molar-refractivity contribution in [2.24, 2.45) is 57.4 Å². The first kappa shape index (κ1) is 22.7. The molecule has 0 N–H and O–H groups in total. The van der Waals surface area contributed by atoms with Crippen LogP contribution in [-0.4, -0.2) is 12.8 Å². The van der Waals surface area contributed by atoms with Crippen molar-refractivity contribution in [3.63, 3.8) is 0 Å². The summed E-state index contributed by atoms with van der Waals surface area (Å²) in [6.45, 7) is 12.8. The third-order valence-corrected chi connectivity index (χ3v) is 10.9. The van der Waals surface area contributed by atoms with E-state index < -0.39 is 0 Å². The van der Waals surface area contributed by atoms with Crippen LogP contribution in [0.1, 0.15) is 112 Å². The molecule has 0 heterocycles. The predicted molar refractivity (Wildman–Crippen MR) is 128 cm³/mol. The minimum atomic E-state index is 0.554. The number of hydrogen-bond acceptors (Lipinski definition) is 2. The van der Waals surface area contributed by atoms with Crippen molar-refractivity contribution in [2.75, 3.05) is 7.11 Å². The summed E-state index contributed by atoms with van der Waals surface area (Å²) in [6.07, 6.45) is 17.0. The number of rotatable bonds is 6. The van der Waals surface area contributed by atoms with Crippen LogP contribution in [0.3, 0.4) is 0 Å². The molecular weight excluding hydrogens is 366 g/mol. The van der Waals surface area contributed by atoms with Gasteiger partial charge in [-0.05, 0) is 110 Å². The Labute approximate surface area is 187 Å². The second-order valence-electron chi connectivity index (χ2n) is 12.7. The third kappa shape index (κ3) is 3.88. The highest BCUT2D eigenvalue weighted by Crippen LogP contribution is 2.68. The van der Waals surface area contributed by atoms with Crippen LogP contribution in [0.5, 0.6) is 0 Å². The van der Waals surface area contributed by atoms with Gasteiger partial charge < -0.3 is 4.84 Å². The van der Waals surface area contributed by atoms with E-state index in [4.69, 9.17) is 4.84 Å². The summed E-state index contributed by atoms with van der Waals surface area (Å²) in [5.41, 5.74) is 2.51. The lowest BCUT2D eigenvalue weighted by atomic mass is 9.44. The molecule has 0 radical (unpaired) electrons. The molecule has 4 aliphatic rings. The van der Waals surface area contributed by atoms with Crippen LogP contribution in [0.4, 0.5) is 0 Å². The Kier molecular flexibility index (Phi) is 6.63. The summed E-state index contributed by atoms with van der Waals surface area (Å²) in [5.74, 6) is 6.57. The Morgan fingerprint density at radius 2 is 1.70 bits per heavy atom. The topological polar surface area (TPSA) is 21.6 Å². The molecule has 0 aromatic heterocycles. The number of oxime groups is 1. The van der Waals surface area contributed by atoms with E-state index in [1.807, 2.05) is 0 Å². The van der Waals surface area contributed by atoms with Crippen molar-refractivity contribution in [1.29, 1.82) is 0 Å². The van der Waals surface area contributed by atoms with Gasteiger partial charge in [0.25, 0.3) is 0 Å². The van der Waals surface area contributed by atoms with Crippen LogP contribution in [-0.2, 0) is 4.84 Å². The lowest BCUT2D eigenvalue weighted by molar-refractivity contribution is -0.105. The molecule has 0 bridgehead atoms. The molecule has 2 heteroatoms. The van der Waals surface area contributed by atoms with E-state index in [2.05, 4.69) is 39.8 Å². The third-order valence-electron chi connectivity index (χ3n) is 10.9. The van der Waals surface area contributed by atoms with Crippen LogP contribution in [0.25, 0.3) is 0 Å². The molecule has 0 aromatic carbocycles. The van der Waals surface area contributed by atoms with E-state index in [0.717, 1.165) is 41.4 Å². The molecule has 0 aromatic rings. The Hall–Kier alpha value is -0.530. The first-order chi connectivity index (χ1) is 14.3. The second-order valence-corrected chi connectivity index (χ2v) is 12.7. The zero-order chi connectivity index (χ0) is 21.5. The van der Waals surface area contributed by atoms with Crippen molar-refractivity contribution >= 4 is 5.71 Å². The normalized spacial score (nSPS) is 45.7. The van der Waals surface area contributed by atoms with E-state index in [1.54, 1.807) is 7.11 Å². The maximum atomic E-state index is 5.13. The van der Waals surface area contributed by atoms with E-state index in [0.29, 0.717) is 10.8 Å². The van der Waals surface area contributed by atoms with Gasteiger partial charge in [-0.15, -0.1) is 0 Å². The first-order valence-corrected chi connectivity index (χ1v) is 13.4. The maximum Gasteiger partial charge on any atom is 0.106 e. The molecule has 0 spiro atoms. The maximum absolute atomic E-state index is 5.13. The number of fused-ring (bicyclic) bond motifs is 5. The van der Waals surface area contributed by atoms with E-state index in [1.165, 1.54) is 82.8 Å². The van der Waals surface area contributed by atoms with Crippen LogP contribution in [0.2, 0.25) is 0 Å². The van der Waals surface area contributed by atoms with Crippen molar-refractivity contribution in [1.82, 2.24) is 0 Å². The van der Waals surface area contributed by atoms with Crippen molar-refractivity contribution in [3.05, 3.63) is 0 Å². The van der Waals surface area contributed by atoms with E-state index in [9.17, 15) is 0 Å². The monoisotopic (exact) mass is 415 g/mol. The van der Waals surface area contributed by atoms with Crippen molar-refractivity contribution < 1.29 is 4.84 Å². The standard InChI is InChI=1S/C28H49NO/c1-19(2)8-7-9-20(3)24-12-13-25-23-11-10-21-18-22(29-30-6)14-16-27(21,4)26(23)15-17-28(24,25)5/h19-21,23-26H,7-18H2,1-6H3. The molecular formula is C28H49NO. The number of hydrogen-bond donors (Lipinski definition) is 0. The highest BCUT2D eigenvalue weighted by Gasteiger charge is 2.60. The minimum absolute atomic E-state index is 0.554. The highest BCUT2D eigenvalue weighted by molar-refractivity contribution is 5.85. The quantitative estimate of drug-likeness (QED) is 0.401. The molecule has 0 amide bonds. The Bertz CT molecular complexity index is 626. The Balaban J connectivity index is 1.45. The van der Waals surface area contributed by atoms with Gasteiger partial charge >= 0.3 is 0 Å². The van der Waals surface area contributed by atoms with Gasteiger partial charge in [0.1, 0.15) is 7.11 Å². The molecule has 4 aliphatic carbocycles. The average Bonchev–Trinajstić information content (AvgIpc) is 3.05. The van der Waals surface area contributed by atoms with Gasteiger partial charge in [-0.25, -0.2) is 0 Å². The molecule has 8 atom stereocenters. The molecule has 172 valence electrons. The number of nitrogens with zero attached hydrogens (tertiary/aromatic N) is 1. The summed E-state index contributed by atoms with van der Waals surface area (Å²) in [7, 11) is 1.71. The van der Waals surface area contributed by atoms with Gasteiger partial charge in [0.15, 0.2) is 0 Å². The lowest BCUT2D eigenvalue weighted by Gasteiger charge is -2.60. The van der Waals surface area contributed by atoms with Gasteiger partial charge in [-0.3, -0.25) is 0 Å². The largest absolute Gasteiger partial charge is 0.399 e. The molecule has 2 nitrogen and oxygen atoms in total.